The molecule has 2 saturated heterocycles. The van der Waals surface area contributed by atoms with Crippen LogP contribution in [0.1, 0.15) is 31.2 Å². The van der Waals surface area contributed by atoms with Crippen molar-refractivity contribution in [3.05, 3.63) is 35.9 Å². The molecule has 1 saturated carbocycles. The maximum Gasteiger partial charge on any atom is 0.335 e. The smallest absolute Gasteiger partial charge is 0.335 e. The summed E-state index contributed by atoms with van der Waals surface area (Å²) in [6.07, 6.45) is 1.80. The fraction of sp³-hybridized carbons (Fsp3) is 0.500. The van der Waals surface area contributed by atoms with Gasteiger partial charge in [0.25, 0.3) is 0 Å². The summed E-state index contributed by atoms with van der Waals surface area (Å²) in [7, 11) is 0. The molecule has 21 heavy (non-hydrogen) atoms. The number of carboxylic acid groups (broad SMARTS) is 1. The topological polar surface area (TPSA) is 72.8 Å². The van der Waals surface area contributed by atoms with Crippen molar-refractivity contribution < 1.29 is 24.2 Å². The average molecular weight is 290 g/mol. The lowest BCUT2D eigenvalue weighted by atomic mass is 9.66. The predicted octanol–water partition coefficient (Wildman–Crippen LogP) is 2.14. The zero-order valence-electron chi connectivity index (χ0n) is 11.7. The molecule has 0 unspecified atom stereocenters. The fourth-order valence-electron chi connectivity index (χ4n) is 3.11. The first-order valence-electron chi connectivity index (χ1n) is 7.15. The summed E-state index contributed by atoms with van der Waals surface area (Å²) in [6.45, 7) is 0.387. The number of hydrogen-bond acceptors (Lipinski definition) is 4. The van der Waals surface area contributed by atoms with Gasteiger partial charge in [0.2, 0.25) is 0 Å². The highest BCUT2D eigenvalue weighted by molar-refractivity contribution is 5.82. The Morgan fingerprint density at radius 2 is 1.81 bits per heavy atom. The number of esters is 1. The molecule has 2 heterocycles. The molecule has 0 atom stereocenters. The monoisotopic (exact) mass is 290 g/mol. The van der Waals surface area contributed by atoms with E-state index in [4.69, 9.17) is 9.47 Å². The molecular formula is C16H18O5. The highest BCUT2D eigenvalue weighted by Gasteiger charge is 2.57. The van der Waals surface area contributed by atoms with Crippen molar-refractivity contribution in [2.24, 2.45) is 5.41 Å². The quantitative estimate of drug-likeness (QED) is 0.860. The third kappa shape index (κ3) is 2.42. The summed E-state index contributed by atoms with van der Waals surface area (Å²) >= 11 is 0. The van der Waals surface area contributed by atoms with E-state index in [1.807, 2.05) is 30.3 Å². The Kier molecular flexibility index (Phi) is 3.45. The normalized spacial score (nSPS) is 30.9. The van der Waals surface area contributed by atoms with E-state index < -0.39 is 17.0 Å². The van der Waals surface area contributed by atoms with Crippen molar-refractivity contribution in [2.75, 3.05) is 6.61 Å². The van der Waals surface area contributed by atoms with E-state index >= 15 is 0 Å². The van der Waals surface area contributed by atoms with E-state index in [1.165, 1.54) is 0 Å². The summed E-state index contributed by atoms with van der Waals surface area (Å²) in [5.41, 5.74) is -0.803. The summed E-state index contributed by atoms with van der Waals surface area (Å²) in [5, 5.41) is 9.25. The average Bonchev–Trinajstić information content (AvgIpc) is 2.55. The van der Waals surface area contributed by atoms with Crippen LogP contribution in [0.25, 0.3) is 0 Å². The zero-order chi connectivity index (χ0) is 14.9. The molecule has 1 N–H and O–H groups in total. The first-order chi connectivity index (χ1) is 10.1. The zero-order valence-corrected chi connectivity index (χ0v) is 11.7. The Hall–Kier alpha value is -1.88. The van der Waals surface area contributed by atoms with E-state index in [-0.39, 0.29) is 19.2 Å². The van der Waals surface area contributed by atoms with E-state index in [0.29, 0.717) is 25.7 Å². The summed E-state index contributed by atoms with van der Waals surface area (Å²) in [5.74, 6) is -1.20. The van der Waals surface area contributed by atoms with Gasteiger partial charge in [0.15, 0.2) is 5.60 Å². The standard InChI is InChI=1S/C16H18O5/c17-13(18)16-8-6-15(7-9-16,11-21-16)14(19)20-10-12-4-2-1-3-5-12/h1-5H,6-11H2,(H,17,18). The van der Waals surface area contributed by atoms with Gasteiger partial charge in [-0.3, -0.25) is 4.79 Å². The number of ether oxygens (including phenoxy) is 2. The van der Waals surface area contributed by atoms with Gasteiger partial charge >= 0.3 is 11.9 Å². The van der Waals surface area contributed by atoms with Crippen molar-refractivity contribution in [3.8, 4) is 0 Å². The van der Waals surface area contributed by atoms with Gasteiger partial charge in [-0.05, 0) is 31.2 Å². The van der Waals surface area contributed by atoms with Crippen LogP contribution >= 0.6 is 0 Å². The van der Waals surface area contributed by atoms with E-state index in [2.05, 4.69) is 0 Å². The number of benzene rings is 1. The van der Waals surface area contributed by atoms with Gasteiger partial charge < -0.3 is 14.6 Å². The molecule has 1 aromatic carbocycles. The molecule has 5 nitrogen and oxygen atoms in total. The number of carbonyl (C=O) groups excluding carboxylic acids is 1. The van der Waals surface area contributed by atoms with Crippen molar-refractivity contribution in [2.45, 2.75) is 37.9 Å². The lowest BCUT2D eigenvalue weighted by Crippen LogP contribution is -2.58. The molecule has 3 fully saturated rings. The van der Waals surface area contributed by atoms with Crippen molar-refractivity contribution in [1.82, 2.24) is 0 Å². The second-order valence-electron chi connectivity index (χ2n) is 5.93. The second-order valence-corrected chi connectivity index (χ2v) is 5.93. The minimum Gasteiger partial charge on any atom is -0.479 e. The number of hydrogen-bond donors (Lipinski definition) is 1. The van der Waals surface area contributed by atoms with Crippen LogP contribution in [0.4, 0.5) is 0 Å². The second kappa shape index (κ2) is 5.15. The highest BCUT2D eigenvalue weighted by Crippen LogP contribution is 2.49. The molecule has 0 spiro atoms. The molecule has 0 radical (unpaired) electrons. The van der Waals surface area contributed by atoms with Gasteiger partial charge in [-0.1, -0.05) is 30.3 Å². The molecule has 112 valence electrons. The van der Waals surface area contributed by atoms with Crippen LogP contribution in [-0.2, 0) is 25.7 Å². The Labute approximate surface area is 122 Å². The largest absolute Gasteiger partial charge is 0.479 e. The molecule has 0 aromatic heterocycles. The molecule has 1 aliphatic carbocycles. The number of fused-ring (bicyclic) bond motifs is 3. The fourth-order valence-corrected chi connectivity index (χ4v) is 3.11. The first-order valence-corrected chi connectivity index (χ1v) is 7.15. The maximum atomic E-state index is 12.4. The molecule has 2 aliphatic heterocycles. The maximum absolute atomic E-state index is 12.4. The third-order valence-electron chi connectivity index (χ3n) is 4.68. The van der Waals surface area contributed by atoms with Crippen LogP contribution in [0.2, 0.25) is 0 Å². The molecular weight excluding hydrogens is 272 g/mol. The molecule has 5 heteroatoms. The van der Waals surface area contributed by atoms with E-state index in [1.54, 1.807) is 0 Å². The molecule has 2 bridgehead atoms. The van der Waals surface area contributed by atoms with Crippen LogP contribution < -0.4 is 0 Å². The van der Waals surface area contributed by atoms with Gasteiger partial charge in [-0.25, -0.2) is 4.79 Å². The minimum absolute atomic E-state index is 0.146. The highest BCUT2D eigenvalue weighted by atomic mass is 16.6. The Morgan fingerprint density at radius 1 is 1.14 bits per heavy atom. The van der Waals surface area contributed by atoms with Crippen molar-refractivity contribution >= 4 is 11.9 Å². The van der Waals surface area contributed by atoms with E-state index in [0.717, 1.165) is 5.56 Å². The van der Waals surface area contributed by atoms with E-state index in [9.17, 15) is 14.7 Å². The minimum atomic E-state index is -1.08. The summed E-state index contributed by atoms with van der Waals surface area (Å²) < 4.78 is 10.9. The van der Waals surface area contributed by atoms with Gasteiger partial charge in [-0.15, -0.1) is 0 Å². The number of carboxylic acids is 1. The molecule has 0 amide bonds. The Balaban J connectivity index is 1.63. The molecule has 1 aromatic rings. The number of rotatable bonds is 4. The van der Waals surface area contributed by atoms with Gasteiger partial charge in [0, 0.05) is 0 Å². The number of carbonyl (C=O) groups is 2. The summed E-state index contributed by atoms with van der Waals surface area (Å²) in [6, 6.07) is 9.50. The van der Waals surface area contributed by atoms with Crippen molar-refractivity contribution in [3.63, 3.8) is 0 Å². The summed E-state index contributed by atoms with van der Waals surface area (Å²) in [4.78, 5) is 23.6. The Morgan fingerprint density at radius 3 is 2.33 bits per heavy atom. The van der Waals surface area contributed by atoms with Crippen LogP contribution in [0.3, 0.4) is 0 Å². The lowest BCUT2D eigenvalue weighted by molar-refractivity contribution is -0.217. The van der Waals surface area contributed by atoms with Crippen LogP contribution in [0, 0.1) is 5.41 Å². The molecule has 3 aliphatic rings. The third-order valence-corrected chi connectivity index (χ3v) is 4.68. The lowest BCUT2D eigenvalue weighted by Gasteiger charge is -2.49. The molecule has 4 rings (SSSR count). The van der Waals surface area contributed by atoms with Crippen molar-refractivity contribution in [1.29, 1.82) is 0 Å². The van der Waals surface area contributed by atoms with Gasteiger partial charge in [0.1, 0.15) is 6.61 Å². The van der Waals surface area contributed by atoms with Crippen LogP contribution in [0.15, 0.2) is 30.3 Å². The van der Waals surface area contributed by atoms with Gasteiger partial charge in [0.05, 0.1) is 12.0 Å². The predicted molar refractivity (Wildman–Crippen MR) is 73.5 cm³/mol. The Bertz CT molecular complexity index is 527. The number of aliphatic carboxylic acids is 1. The van der Waals surface area contributed by atoms with Gasteiger partial charge in [-0.2, -0.15) is 0 Å². The first kappa shape index (κ1) is 14.1. The van der Waals surface area contributed by atoms with Crippen LogP contribution in [0.5, 0.6) is 0 Å². The van der Waals surface area contributed by atoms with Crippen LogP contribution in [-0.4, -0.2) is 29.3 Å². The SMILES string of the molecule is O=C(OCc1ccccc1)C12CCC(C(=O)O)(CC1)OC2.